The molecule has 0 saturated heterocycles. The van der Waals surface area contributed by atoms with E-state index in [1.54, 1.807) is 18.2 Å². The van der Waals surface area contributed by atoms with Gasteiger partial charge < -0.3 is 9.47 Å². The van der Waals surface area contributed by atoms with Crippen LogP contribution in [0.4, 0.5) is 0 Å². The molecule has 0 radical (unpaired) electrons. The van der Waals surface area contributed by atoms with Crippen LogP contribution in [-0.2, 0) is 4.79 Å². The van der Waals surface area contributed by atoms with Crippen LogP contribution in [-0.4, -0.2) is 25.2 Å². The van der Waals surface area contributed by atoms with Crippen LogP contribution < -0.4 is 14.9 Å². The Bertz CT molecular complexity index is 1060. The molecular formula is C31H42Cl2N2O4. The number of hydrogen-bond acceptors (Lipinski definition) is 5. The topological polar surface area (TPSA) is 77.0 Å². The first-order chi connectivity index (χ1) is 18.9. The molecule has 2 aromatic carbocycles. The highest BCUT2D eigenvalue weighted by molar-refractivity contribution is 6.42. The smallest absolute Gasteiger partial charge is 0.343 e. The molecule has 8 heteroatoms. The van der Waals surface area contributed by atoms with Crippen molar-refractivity contribution in [1.29, 1.82) is 0 Å². The molecule has 214 valence electrons. The van der Waals surface area contributed by atoms with E-state index in [4.69, 9.17) is 32.7 Å². The second kappa shape index (κ2) is 19.5. The minimum atomic E-state index is -0.589. The molecular weight excluding hydrogens is 535 g/mol. The normalized spacial score (nSPS) is 11.1. The quantitative estimate of drug-likeness (QED) is 0.0594. The number of esters is 1. The standard InChI is InChI=1S/C31H42Cl2N2O4/c1-3-4-5-6-7-8-9-10-11-12-13-14-15-16-30(36)35-34-23-24-17-20-28(29(21-24)38-2)39-31(37)25-18-19-26(32)27(33)22-25/h17-23H,3-16H2,1-2H3,(H,35,36)/b34-23-. The molecule has 0 unspecified atom stereocenters. The van der Waals surface area contributed by atoms with Crippen molar-refractivity contribution in [2.45, 2.75) is 96.8 Å². The predicted molar refractivity (Wildman–Crippen MR) is 160 cm³/mol. The van der Waals surface area contributed by atoms with Gasteiger partial charge in [-0.3, -0.25) is 4.79 Å². The number of carbonyl (C=O) groups excluding carboxylic acids is 2. The van der Waals surface area contributed by atoms with E-state index in [1.165, 1.54) is 102 Å². The van der Waals surface area contributed by atoms with Crippen LogP contribution in [0.1, 0.15) is 113 Å². The van der Waals surface area contributed by atoms with Crippen LogP contribution >= 0.6 is 23.2 Å². The summed E-state index contributed by atoms with van der Waals surface area (Å²) >= 11 is 11.9. The number of hydrogen-bond donors (Lipinski definition) is 1. The summed E-state index contributed by atoms with van der Waals surface area (Å²) in [5.41, 5.74) is 3.52. The van der Waals surface area contributed by atoms with Gasteiger partial charge in [0.1, 0.15) is 0 Å². The van der Waals surface area contributed by atoms with E-state index < -0.39 is 5.97 Å². The molecule has 0 aliphatic rings. The van der Waals surface area contributed by atoms with E-state index in [9.17, 15) is 9.59 Å². The molecule has 0 heterocycles. The van der Waals surface area contributed by atoms with Crippen molar-refractivity contribution >= 4 is 41.3 Å². The van der Waals surface area contributed by atoms with Crippen molar-refractivity contribution in [3.05, 3.63) is 57.6 Å². The lowest BCUT2D eigenvalue weighted by Crippen LogP contribution is -2.16. The maximum Gasteiger partial charge on any atom is 0.343 e. The molecule has 2 rings (SSSR count). The van der Waals surface area contributed by atoms with Gasteiger partial charge in [-0.2, -0.15) is 5.10 Å². The fraction of sp³-hybridized carbons (Fsp3) is 0.516. The van der Waals surface area contributed by atoms with Gasteiger partial charge in [-0.1, -0.05) is 107 Å². The monoisotopic (exact) mass is 576 g/mol. The molecule has 1 N–H and O–H groups in total. The van der Waals surface area contributed by atoms with Crippen molar-refractivity contribution in [3.8, 4) is 11.5 Å². The molecule has 6 nitrogen and oxygen atoms in total. The Kier molecular flexibility index (Phi) is 16.3. The lowest BCUT2D eigenvalue weighted by molar-refractivity contribution is -0.121. The van der Waals surface area contributed by atoms with Crippen LogP contribution in [0.5, 0.6) is 11.5 Å². The minimum absolute atomic E-state index is 0.103. The molecule has 0 fully saturated rings. The van der Waals surface area contributed by atoms with E-state index in [-0.39, 0.29) is 22.2 Å². The van der Waals surface area contributed by atoms with Gasteiger partial charge in [0, 0.05) is 6.42 Å². The first kappa shape index (κ1) is 32.6. The van der Waals surface area contributed by atoms with Crippen molar-refractivity contribution in [2.75, 3.05) is 7.11 Å². The number of amides is 1. The Hall–Kier alpha value is -2.57. The largest absolute Gasteiger partial charge is 0.493 e. The second-order valence-electron chi connectivity index (χ2n) is 9.71. The first-order valence-corrected chi connectivity index (χ1v) is 14.9. The molecule has 0 atom stereocenters. The van der Waals surface area contributed by atoms with Gasteiger partial charge in [0.15, 0.2) is 11.5 Å². The lowest BCUT2D eigenvalue weighted by Gasteiger charge is -2.10. The third-order valence-corrected chi connectivity index (χ3v) is 7.19. The Morgan fingerprint density at radius 1 is 0.795 bits per heavy atom. The Morgan fingerprint density at radius 3 is 2.00 bits per heavy atom. The highest BCUT2D eigenvalue weighted by Crippen LogP contribution is 2.29. The van der Waals surface area contributed by atoms with Crippen molar-refractivity contribution in [1.82, 2.24) is 5.43 Å². The SMILES string of the molecule is CCCCCCCCCCCCCCCC(=O)N/N=C\c1ccc(OC(=O)c2ccc(Cl)c(Cl)c2)c(OC)c1. The zero-order chi connectivity index (χ0) is 28.3. The summed E-state index contributed by atoms with van der Waals surface area (Å²) in [6.07, 6.45) is 18.5. The number of ether oxygens (including phenoxy) is 2. The maximum atomic E-state index is 12.5. The molecule has 39 heavy (non-hydrogen) atoms. The minimum Gasteiger partial charge on any atom is -0.493 e. The number of unbranched alkanes of at least 4 members (excludes halogenated alkanes) is 12. The Labute approximate surface area is 243 Å². The summed E-state index contributed by atoms with van der Waals surface area (Å²) in [4.78, 5) is 24.5. The van der Waals surface area contributed by atoms with Crippen molar-refractivity contribution in [3.63, 3.8) is 0 Å². The van der Waals surface area contributed by atoms with Crippen LogP contribution in [0.2, 0.25) is 10.0 Å². The van der Waals surface area contributed by atoms with E-state index in [1.807, 2.05) is 0 Å². The third kappa shape index (κ3) is 13.4. The zero-order valence-corrected chi connectivity index (χ0v) is 24.8. The zero-order valence-electron chi connectivity index (χ0n) is 23.3. The van der Waals surface area contributed by atoms with E-state index in [0.29, 0.717) is 22.8 Å². The summed E-state index contributed by atoms with van der Waals surface area (Å²) in [7, 11) is 1.48. The summed E-state index contributed by atoms with van der Waals surface area (Å²) in [6, 6.07) is 9.49. The van der Waals surface area contributed by atoms with E-state index in [0.717, 1.165) is 12.8 Å². The number of halogens is 2. The van der Waals surface area contributed by atoms with Gasteiger partial charge >= 0.3 is 5.97 Å². The van der Waals surface area contributed by atoms with Gasteiger partial charge in [-0.15, -0.1) is 0 Å². The highest BCUT2D eigenvalue weighted by atomic mass is 35.5. The Morgan fingerprint density at radius 2 is 1.41 bits per heavy atom. The summed E-state index contributed by atoms with van der Waals surface area (Å²) < 4.78 is 10.8. The number of carbonyl (C=O) groups is 2. The van der Waals surface area contributed by atoms with Gasteiger partial charge in [0.2, 0.25) is 5.91 Å². The maximum absolute atomic E-state index is 12.5. The number of benzene rings is 2. The number of hydrazone groups is 1. The number of nitrogens with zero attached hydrogens (tertiary/aromatic N) is 1. The molecule has 0 aliphatic carbocycles. The molecule has 0 bridgehead atoms. The number of methoxy groups -OCH3 is 1. The van der Waals surface area contributed by atoms with Crippen molar-refractivity contribution < 1.29 is 19.1 Å². The Balaban J connectivity index is 1.63. The van der Waals surface area contributed by atoms with Crippen LogP contribution in [0.15, 0.2) is 41.5 Å². The second-order valence-corrected chi connectivity index (χ2v) is 10.5. The number of nitrogens with one attached hydrogen (secondary N) is 1. The number of rotatable bonds is 19. The molecule has 0 spiro atoms. The molecule has 2 aromatic rings. The third-order valence-electron chi connectivity index (χ3n) is 6.46. The summed E-state index contributed by atoms with van der Waals surface area (Å²) in [6.45, 7) is 2.26. The molecule has 0 aromatic heterocycles. The predicted octanol–water partition coefficient (Wildman–Crippen LogP) is 9.15. The van der Waals surface area contributed by atoms with E-state index >= 15 is 0 Å². The molecule has 0 aliphatic heterocycles. The summed E-state index contributed by atoms with van der Waals surface area (Å²) in [5.74, 6) is -0.0926. The van der Waals surface area contributed by atoms with Crippen LogP contribution in [0.25, 0.3) is 0 Å². The van der Waals surface area contributed by atoms with Gasteiger partial charge in [-0.05, 0) is 48.4 Å². The van der Waals surface area contributed by atoms with Crippen LogP contribution in [0.3, 0.4) is 0 Å². The summed E-state index contributed by atoms with van der Waals surface area (Å²) in [5, 5.41) is 4.66. The molecule has 1 amide bonds. The highest BCUT2D eigenvalue weighted by Gasteiger charge is 2.14. The van der Waals surface area contributed by atoms with Gasteiger partial charge in [-0.25, -0.2) is 10.2 Å². The van der Waals surface area contributed by atoms with E-state index in [2.05, 4.69) is 17.5 Å². The van der Waals surface area contributed by atoms with Gasteiger partial charge in [0.05, 0.1) is 28.9 Å². The van der Waals surface area contributed by atoms with Crippen molar-refractivity contribution in [2.24, 2.45) is 5.10 Å². The molecule has 0 saturated carbocycles. The fourth-order valence-electron chi connectivity index (χ4n) is 4.17. The fourth-order valence-corrected chi connectivity index (χ4v) is 4.47. The average molecular weight is 578 g/mol. The lowest BCUT2D eigenvalue weighted by atomic mass is 10.0. The van der Waals surface area contributed by atoms with Crippen LogP contribution in [0, 0.1) is 0 Å². The first-order valence-electron chi connectivity index (χ1n) is 14.1. The average Bonchev–Trinajstić information content (AvgIpc) is 2.93. The van der Waals surface area contributed by atoms with Gasteiger partial charge in [0.25, 0.3) is 0 Å².